The topological polar surface area (TPSA) is 122 Å². The molecule has 0 saturated carbocycles. The maximum atomic E-state index is 14.3. The number of hydrogen-bond acceptors (Lipinski definition) is 7. The molecule has 204 valence electrons. The van der Waals surface area contributed by atoms with Gasteiger partial charge in [-0.3, -0.25) is 14.7 Å². The van der Waals surface area contributed by atoms with Crippen molar-refractivity contribution in [3.8, 4) is 11.5 Å². The number of rotatable bonds is 9. The van der Waals surface area contributed by atoms with Crippen LogP contribution in [0.1, 0.15) is 31.0 Å². The third-order valence-electron chi connectivity index (χ3n) is 6.81. The van der Waals surface area contributed by atoms with Crippen LogP contribution >= 0.6 is 0 Å². The van der Waals surface area contributed by atoms with Crippen molar-refractivity contribution in [2.45, 2.75) is 32.0 Å². The number of methoxy groups -OCH3 is 1. The van der Waals surface area contributed by atoms with Gasteiger partial charge in [0, 0.05) is 31.6 Å². The summed E-state index contributed by atoms with van der Waals surface area (Å²) in [5.74, 6) is 1.41. The Balaban J connectivity index is 1.90. The fourth-order valence-corrected chi connectivity index (χ4v) is 5.09. The lowest BCUT2D eigenvalue weighted by Crippen LogP contribution is -2.58. The molecule has 1 unspecified atom stereocenters. The predicted molar refractivity (Wildman–Crippen MR) is 147 cm³/mol. The van der Waals surface area contributed by atoms with E-state index in [0.717, 1.165) is 5.56 Å². The lowest BCUT2D eigenvalue weighted by molar-refractivity contribution is -0.123. The van der Waals surface area contributed by atoms with Crippen LogP contribution in [0.2, 0.25) is 0 Å². The van der Waals surface area contributed by atoms with E-state index in [0.29, 0.717) is 49.1 Å². The van der Waals surface area contributed by atoms with Crippen molar-refractivity contribution in [3.05, 3.63) is 59.7 Å². The van der Waals surface area contributed by atoms with Gasteiger partial charge in [0.2, 0.25) is 5.91 Å². The Bertz CT molecular complexity index is 1160. The lowest BCUT2D eigenvalue weighted by atomic mass is 9.88. The first-order valence-electron chi connectivity index (χ1n) is 13.0. The number of amides is 3. The number of carbonyl (C=O) groups is 2. The van der Waals surface area contributed by atoms with Crippen molar-refractivity contribution in [1.29, 1.82) is 0 Å². The highest BCUT2D eigenvalue weighted by molar-refractivity contribution is 6.11. The van der Waals surface area contributed by atoms with Crippen LogP contribution in [0.3, 0.4) is 0 Å². The molecule has 2 aliphatic rings. The number of hydrogen-bond donors (Lipinski definition) is 3. The Morgan fingerprint density at radius 3 is 2.63 bits per heavy atom. The fraction of sp³-hybridized carbons (Fsp3) is 0.464. The molecule has 2 aromatic carbocycles. The Kier molecular flexibility index (Phi) is 8.85. The van der Waals surface area contributed by atoms with Crippen LogP contribution in [-0.4, -0.2) is 86.6 Å². The summed E-state index contributed by atoms with van der Waals surface area (Å²) >= 11 is 0. The fourth-order valence-electron chi connectivity index (χ4n) is 5.09. The monoisotopic (exact) mass is 522 g/mol. The van der Waals surface area contributed by atoms with Gasteiger partial charge in [0.05, 0.1) is 30.9 Å². The van der Waals surface area contributed by atoms with E-state index < -0.39 is 0 Å². The summed E-state index contributed by atoms with van der Waals surface area (Å²) < 4.78 is 11.6. The Morgan fingerprint density at radius 1 is 1.24 bits per heavy atom. The SMILES string of the molecule is CNCC(CN)[C@H]1[C@@H](c2ccccc2)N=C(c2ccc(OC)cc2OC(C)C)N1C(=O)N1CCNC(=O)C1. The Labute approximate surface area is 224 Å². The average molecular weight is 523 g/mol. The molecule has 4 rings (SSSR count). The molecular formula is C28H38N6O4. The number of nitrogens with two attached hydrogens (primary N) is 1. The van der Waals surface area contributed by atoms with Crippen LogP contribution in [0.15, 0.2) is 53.5 Å². The van der Waals surface area contributed by atoms with Crippen LogP contribution in [0.25, 0.3) is 0 Å². The molecule has 38 heavy (non-hydrogen) atoms. The largest absolute Gasteiger partial charge is 0.497 e. The molecule has 2 aliphatic heterocycles. The molecule has 3 atom stereocenters. The minimum atomic E-state index is -0.378. The van der Waals surface area contributed by atoms with Crippen LogP contribution < -0.4 is 25.8 Å². The molecule has 0 aromatic heterocycles. The molecule has 3 amide bonds. The van der Waals surface area contributed by atoms with Crippen molar-refractivity contribution in [1.82, 2.24) is 20.4 Å². The zero-order valence-electron chi connectivity index (χ0n) is 22.5. The minimum absolute atomic E-state index is 0.0113. The molecule has 1 fully saturated rings. The maximum Gasteiger partial charge on any atom is 0.326 e. The van der Waals surface area contributed by atoms with Crippen molar-refractivity contribution < 1.29 is 19.1 Å². The van der Waals surface area contributed by atoms with Gasteiger partial charge in [0.1, 0.15) is 23.9 Å². The second kappa shape index (κ2) is 12.3. The molecule has 0 bridgehead atoms. The number of amidine groups is 1. The second-order valence-electron chi connectivity index (χ2n) is 9.81. The summed E-state index contributed by atoms with van der Waals surface area (Å²) in [6.45, 7) is 5.63. The van der Waals surface area contributed by atoms with Gasteiger partial charge in [-0.15, -0.1) is 0 Å². The zero-order valence-corrected chi connectivity index (χ0v) is 22.5. The molecule has 10 heteroatoms. The second-order valence-corrected chi connectivity index (χ2v) is 9.81. The van der Waals surface area contributed by atoms with Gasteiger partial charge < -0.3 is 30.7 Å². The number of nitrogens with zero attached hydrogens (tertiary/aromatic N) is 3. The van der Waals surface area contributed by atoms with Gasteiger partial charge in [-0.2, -0.15) is 0 Å². The molecule has 10 nitrogen and oxygen atoms in total. The smallest absolute Gasteiger partial charge is 0.326 e. The highest BCUT2D eigenvalue weighted by Crippen LogP contribution is 2.40. The van der Waals surface area contributed by atoms with Crippen molar-refractivity contribution in [2.24, 2.45) is 16.6 Å². The van der Waals surface area contributed by atoms with E-state index in [1.165, 1.54) is 0 Å². The summed E-state index contributed by atoms with van der Waals surface area (Å²) in [6, 6.07) is 14.5. The number of nitrogens with one attached hydrogen (secondary N) is 2. The summed E-state index contributed by atoms with van der Waals surface area (Å²) in [5, 5.41) is 6.03. The van der Waals surface area contributed by atoms with E-state index in [-0.39, 0.29) is 42.6 Å². The quantitative estimate of drug-likeness (QED) is 0.463. The Hall–Kier alpha value is -3.63. The first-order chi connectivity index (χ1) is 18.4. The minimum Gasteiger partial charge on any atom is -0.497 e. The Morgan fingerprint density at radius 2 is 2.00 bits per heavy atom. The van der Waals surface area contributed by atoms with Crippen LogP contribution in [-0.2, 0) is 4.79 Å². The van der Waals surface area contributed by atoms with Crippen molar-refractivity contribution in [2.75, 3.05) is 46.9 Å². The predicted octanol–water partition coefficient (Wildman–Crippen LogP) is 2.00. The van der Waals surface area contributed by atoms with E-state index in [2.05, 4.69) is 10.6 Å². The molecule has 4 N–H and O–H groups in total. The van der Waals surface area contributed by atoms with E-state index in [1.54, 1.807) is 16.9 Å². The third kappa shape index (κ3) is 5.76. The molecule has 1 saturated heterocycles. The van der Waals surface area contributed by atoms with Crippen LogP contribution in [0, 0.1) is 5.92 Å². The highest BCUT2D eigenvalue weighted by atomic mass is 16.5. The number of aliphatic imine (C=N–C) groups is 1. The first-order valence-corrected chi connectivity index (χ1v) is 13.0. The van der Waals surface area contributed by atoms with E-state index in [4.69, 9.17) is 20.2 Å². The van der Waals surface area contributed by atoms with Gasteiger partial charge in [-0.05, 0) is 45.1 Å². The zero-order chi connectivity index (χ0) is 27.2. The molecule has 2 heterocycles. The normalized spacial score (nSPS) is 20.3. The van der Waals surface area contributed by atoms with Gasteiger partial charge in [0.25, 0.3) is 0 Å². The average Bonchev–Trinajstić information content (AvgIpc) is 3.31. The summed E-state index contributed by atoms with van der Waals surface area (Å²) in [5.41, 5.74) is 7.97. The highest BCUT2D eigenvalue weighted by Gasteiger charge is 2.47. The number of carbonyl (C=O) groups excluding carboxylic acids is 2. The van der Waals surface area contributed by atoms with E-state index in [9.17, 15) is 9.59 Å². The number of ether oxygens (including phenoxy) is 2. The summed E-state index contributed by atoms with van der Waals surface area (Å²) in [7, 11) is 3.47. The molecule has 0 radical (unpaired) electrons. The summed E-state index contributed by atoms with van der Waals surface area (Å²) in [6.07, 6.45) is -0.111. The van der Waals surface area contributed by atoms with Crippen molar-refractivity contribution >= 4 is 17.8 Å². The number of benzene rings is 2. The van der Waals surface area contributed by atoms with E-state index in [1.807, 2.05) is 69.4 Å². The van der Waals surface area contributed by atoms with Crippen LogP contribution in [0.5, 0.6) is 11.5 Å². The third-order valence-corrected chi connectivity index (χ3v) is 6.81. The standard InChI is InChI=1S/C28H38N6O4/c1-18(2)38-23-14-21(37-4)10-11-22(23)27-32-25(19-8-6-5-7-9-19)26(20(15-29)16-30-3)34(27)28(36)33-13-12-31-24(35)17-33/h5-11,14,18,20,25-26,30H,12-13,15-17,29H2,1-4H3,(H,31,35)/t20?,25-,26+/m1/s1. The molecule has 2 aromatic rings. The van der Waals surface area contributed by atoms with Gasteiger partial charge in [0.15, 0.2) is 0 Å². The maximum absolute atomic E-state index is 14.3. The van der Waals surface area contributed by atoms with Gasteiger partial charge in [-0.25, -0.2) is 4.79 Å². The van der Waals surface area contributed by atoms with Gasteiger partial charge in [-0.1, -0.05) is 30.3 Å². The molecular weight excluding hydrogens is 484 g/mol. The number of piperazine rings is 1. The van der Waals surface area contributed by atoms with E-state index >= 15 is 0 Å². The first kappa shape index (κ1) is 27.4. The molecule has 0 aliphatic carbocycles. The lowest BCUT2D eigenvalue weighted by Gasteiger charge is -2.38. The summed E-state index contributed by atoms with van der Waals surface area (Å²) in [4.78, 5) is 35.0. The molecule has 0 spiro atoms. The van der Waals surface area contributed by atoms with Gasteiger partial charge >= 0.3 is 6.03 Å². The number of urea groups is 1. The van der Waals surface area contributed by atoms with Crippen molar-refractivity contribution in [3.63, 3.8) is 0 Å². The van der Waals surface area contributed by atoms with Crippen LogP contribution in [0.4, 0.5) is 4.79 Å².